The molecule has 1 aromatic carbocycles. The number of halogens is 1. The number of methoxy groups -OCH3 is 1. The van der Waals surface area contributed by atoms with E-state index in [1.807, 2.05) is 0 Å². The number of ether oxygens (including phenoxy) is 1. The first-order valence-electron chi connectivity index (χ1n) is 11.9. The molecule has 0 amide bonds. The smallest absolute Gasteiger partial charge is 0.368 e. The minimum Gasteiger partial charge on any atom is -0.465 e. The van der Waals surface area contributed by atoms with Crippen LogP contribution in [0.15, 0.2) is 23.1 Å². The van der Waals surface area contributed by atoms with E-state index in [0.29, 0.717) is 16.9 Å². The highest BCUT2D eigenvalue weighted by Gasteiger charge is 2.38. The Morgan fingerprint density at radius 1 is 1.19 bits per heavy atom. The van der Waals surface area contributed by atoms with Crippen LogP contribution >= 0.6 is 0 Å². The highest BCUT2D eigenvalue weighted by atomic mass is 19.1. The first-order chi connectivity index (χ1) is 17.3. The molecule has 0 aliphatic carbocycles. The Labute approximate surface area is 213 Å². The molecule has 1 fully saturated rings. The van der Waals surface area contributed by atoms with Crippen molar-refractivity contribution in [3.63, 3.8) is 0 Å². The Balaban J connectivity index is 1.67. The fourth-order valence-electron chi connectivity index (χ4n) is 5.05. The lowest BCUT2D eigenvalue weighted by Crippen LogP contribution is -2.60. The molecular weight excluding hydrogens is 481 g/mol. The molecule has 3 N–H and O–H groups in total. The summed E-state index contributed by atoms with van der Waals surface area (Å²) in [4.78, 5) is 33.4. The number of nitrogens with one attached hydrogen (secondary N) is 3. The molecule has 3 aromatic rings. The number of anilines is 3. The van der Waals surface area contributed by atoms with Crippen molar-refractivity contribution in [1.82, 2.24) is 35.1 Å². The lowest BCUT2D eigenvalue weighted by molar-refractivity contribution is 0.0600. The number of tetrazole rings is 1. The molecule has 198 valence electrons. The molecule has 0 radical (unpaired) electrons. The van der Waals surface area contributed by atoms with Gasteiger partial charge in [0, 0.05) is 29.9 Å². The van der Waals surface area contributed by atoms with Gasteiger partial charge in [0.25, 0.3) is 0 Å². The molecule has 1 aliphatic heterocycles. The van der Waals surface area contributed by atoms with E-state index in [1.54, 1.807) is 19.1 Å². The Morgan fingerprint density at radius 3 is 2.46 bits per heavy atom. The van der Waals surface area contributed by atoms with E-state index >= 15 is 0 Å². The van der Waals surface area contributed by atoms with Crippen molar-refractivity contribution in [2.24, 2.45) is 7.05 Å². The zero-order valence-electron chi connectivity index (χ0n) is 22.0. The largest absolute Gasteiger partial charge is 0.465 e. The number of hydrogen-bond donors (Lipinski definition) is 3. The summed E-state index contributed by atoms with van der Waals surface area (Å²) in [6.45, 7) is 10.1. The van der Waals surface area contributed by atoms with Gasteiger partial charge < -0.3 is 20.7 Å². The van der Waals surface area contributed by atoms with Gasteiger partial charge in [0.15, 0.2) is 11.6 Å². The van der Waals surface area contributed by atoms with Crippen molar-refractivity contribution in [3.05, 3.63) is 45.8 Å². The van der Waals surface area contributed by atoms with Gasteiger partial charge in [0.05, 0.1) is 24.6 Å². The fourth-order valence-corrected chi connectivity index (χ4v) is 5.05. The molecule has 4 rings (SSSR count). The van der Waals surface area contributed by atoms with Crippen molar-refractivity contribution in [2.75, 3.05) is 17.7 Å². The van der Waals surface area contributed by atoms with Crippen LogP contribution in [0.1, 0.15) is 56.5 Å². The van der Waals surface area contributed by atoms with Crippen molar-refractivity contribution >= 4 is 23.4 Å². The Kier molecular flexibility index (Phi) is 6.76. The molecular formula is C24H32FN9O3. The van der Waals surface area contributed by atoms with Gasteiger partial charge in [-0.3, -0.25) is 0 Å². The second-order valence-electron chi connectivity index (χ2n) is 10.6. The number of benzene rings is 1. The predicted molar refractivity (Wildman–Crippen MR) is 136 cm³/mol. The summed E-state index contributed by atoms with van der Waals surface area (Å²) in [6, 6.07) is 3.14. The molecule has 0 atom stereocenters. The van der Waals surface area contributed by atoms with E-state index in [2.05, 4.69) is 64.0 Å². The second-order valence-corrected chi connectivity index (χ2v) is 10.6. The summed E-state index contributed by atoms with van der Waals surface area (Å²) in [6.07, 6.45) is 2.64. The van der Waals surface area contributed by atoms with Gasteiger partial charge in [0.1, 0.15) is 0 Å². The Morgan fingerprint density at radius 2 is 1.86 bits per heavy atom. The van der Waals surface area contributed by atoms with Crippen LogP contribution in [0.25, 0.3) is 5.69 Å². The van der Waals surface area contributed by atoms with Gasteiger partial charge in [-0.25, -0.2) is 19.0 Å². The highest BCUT2D eigenvalue weighted by molar-refractivity contribution is 5.93. The predicted octanol–water partition coefficient (Wildman–Crippen LogP) is 2.45. The maximum atomic E-state index is 14.7. The molecule has 1 saturated heterocycles. The molecule has 1 aliphatic rings. The molecule has 37 heavy (non-hydrogen) atoms. The first-order valence-corrected chi connectivity index (χ1v) is 11.9. The zero-order chi connectivity index (χ0) is 27.1. The van der Waals surface area contributed by atoms with Gasteiger partial charge in [0.2, 0.25) is 5.95 Å². The lowest BCUT2D eigenvalue weighted by atomic mass is 9.79. The quantitative estimate of drug-likeness (QED) is 0.421. The third-order valence-electron chi connectivity index (χ3n) is 6.27. The zero-order valence-corrected chi connectivity index (χ0v) is 22.0. The van der Waals surface area contributed by atoms with E-state index in [4.69, 9.17) is 4.74 Å². The van der Waals surface area contributed by atoms with Crippen LogP contribution in [0.3, 0.4) is 0 Å². The Bertz CT molecular complexity index is 1380. The number of nitrogens with zero attached hydrogens (tertiary/aromatic N) is 6. The third-order valence-corrected chi connectivity index (χ3v) is 6.27. The summed E-state index contributed by atoms with van der Waals surface area (Å²) >= 11 is 0. The number of esters is 1. The van der Waals surface area contributed by atoms with Gasteiger partial charge in [-0.2, -0.15) is 14.3 Å². The molecule has 0 unspecified atom stereocenters. The number of aromatic nitrogens is 6. The van der Waals surface area contributed by atoms with E-state index in [1.165, 1.54) is 14.2 Å². The SMILES string of the molecule is COC(=O)c1cc(Nc2ncc(F)c(NC3CC(C)(C)NC(C)(C)C3)n2)cc(-n2nnn(C)c2=O)c1C. The minimum atomic E-state index is -0.599. The van der Waals surface area contributed by atoms with Crippen LogP contribution in [-0.4, -0.2) is 60.0 Å². The number of rotatable bonds is 6. The van der Waals surface area contributed by atoms with Gasteiger partial charge >= 0.3 is 11.7 Å². The van der Waals surface area contributed by atoms with Crippen LogP contribution in [0.4, 0.5) is 21.8 Å². The monoisotopic (exact) mass is 513 g/mol. The van der Waals surface area contributed by atoms with Crippen LogP contribution in [0.5, 0.6) is 0 Å². The first kappa shape index (κ1) is 26.2. The average Bonchev–Trinajstić information content (AvgIpc) is 3.12. The molecule has 0 spiro atoms. The van der Waals surface area contributed by atoms with Crippen LogP contribution in [-0.2, 0) is 11.8 Å². The molecule has 2 aromatic heterocycles. The summed E-state index contributed by atoms with van der Waals surface area (Å²) in [5.74, 6) is -1.00. The topological polar surface area (TPSA) is 141 Å². The highest BCUT2D eigenvalue weighted by Crippen LogP contribution is 2.31. The average molecular weight is 514 g/mol. The standard InChI is InChI=1S/C24H32FN9O3/c1-13-16(20(35)37-7)8-14(9-18(13)34-22(36)33(6)31-32-34)28-21-26-12-17(25)19(29-21)27-15-10-23(2,3)30-24(4,5)11-15/h8-9,12,15,30H,10-11H2,1-7H3,(H2,26,27,28,29). The number of aryl methyl sites for hydroxylation is 1. The van der Waals surface area contributed by atoms with E-state index in [0.717, 1.165) is 28.4 Å². The second kappa shape index (κ2) is 9.54. The van der Waals surface area contributed by atoms with Crippen molar-refractivity contribution in [1.29, 1.82) is 0 Å². The summed E-state index contributed by atoms with van der Waals surface area (Å²) in [5, 5.41) is 17.5. The molecule has 12 nitrogen and oxygen atoms in total. The summed E-state index contributed by atoms with van der Waals surface area (Å²) in [7, 11) is 2.73. The number of carbonyl (C=O) groups excluding carboxylic acids is 1. The third kappa shape index (κ3) is 5.61. The van der Waals surface area contributed by atoms with Gasteiger partial charge in [-0.15, -0.1) is 0 Å². The van der Waals surface area contributed by atoms with Crippen molar-refractivity contribution in [3.8, 4) is 5.69 Å². The molecule has 13 heteroatoms. The van der Waals surface area contributed by atoms with Gasteiger partial charge in [-0.05, 0) is 75.6 Å². The van der Waals surface area contributed by atoms with Crippen LogP contribution in [0.2, 0.25) is 0 Å². The van der Waals surface area contributed by atoms with Crippen LogP contribution in [0, 0.1) is 12.7 Å². The van der Waals surface area contributed by atoms with E-state index in [-0.39, 0.29) is 34.4 Å². The maximum Gasteiger partial charge on any atom is 0.368 e. The normalized spacial score (nSPS) is 16.9. The molecule has 0 saturated carbocycles. The molecule has 0 bridgehead atoms. The summed E-state index contributed by atoms with van der Waals surface area (Å²) in [5.41, 5.74) is 0.616. The van der Waals surface area contributed by atoms with Crippen LogP contribution < -0.4 is 21.6 Å². The molecule has 3 heterocycles. The van der Waals surface area contributed by atoms with Crippen molar-refractivity contribution < 1.29 is 13.9 Å². The van der Waals surface area contributed by atoms with Crippen molar-refractivity contribution in [2.45, 2.75) is 64.6 Å². The fraction of sp³-hybridized carbons (Fsp3) is 0.500. The number of piperidine rings is 1. The lowest BCUT2D eigenvalue weighted by Gasteiger charge is -2.46. The van der Waals surface area contributed by atoms with E-state index < -0.39 is 17.5 Å². The minimum absolute atomic E-state index is 0.0102. The number of hydrogen-bond acceptors (Lipinski definition) is 10. The maximum absolute atomic E-state index is 14.7. The summed E-state index contributed by atoms with van der Waals surface area (Å²) < 4.78 is 21.8. The Hall–Kier alpha value is -3.87. The van der Waals surface area contributed by atoms with E-state index in [9.17, 15) is 14.0 Å². The number of carbonyl (C=O) groups is 1. The van der Waals surface area contributed by atoms with Gasteiger partial charge in [-0.1, -0.05) is 0 Å².